The summed E-state index contributed by atoms with van der Waals surface area (Å²) in [5, 5.41) is 0. The molecule has 17 heavy (non-hydrogen) atoms. The zero-order valence-electron chi connectivity index (χ0n) is 10.9. The van der Waals surface area contributed by atoms with E-state index in [0.717, 1.165) is 13.2 Å². The number of esters is 1. The number of methoxy groups -OCH3 is 1. The summed E-state index contributed by atoms with van der Waals surface area (Å²) in [5.74, 6) is -0.114. The van der Waals surface area contributed by atoms with Crippen molar-refractivity contribution in [3.8, 4) is 0 Å². The molecule has 1 heterocycles. The lowest BCUT2D eigenvalue weighted by Crippen LogP contribution is -2.56. The van der Waals surface area contributed by atoms with Crippen molar-refractivity contribution in [1.82, 2.24) is 4.90 Å². The molecule has 0 aromatic heterocycles. The number of hydrogen-bond donors (Lipinski definition) is 0. The predicted molar refractivity (Wildman–Crippen MR) is 64.8 cm³/mol. The fourth-order valence-corrected chi connectivity index (χ4v) is 3.12. The van der Waals surface area contributed by atoms with Crippen LogP contribution in [0.15, 0.2) is 0 Å². The summed E-state index contributed by atoms with van der Waals surface area (Å²) in [5.41, 5.74) is 0. The lowest BCUT2D eigenvalue weighted by Gasteiger charge is -2.46. The number of fused-ring (bicyclic) bond motifs is 1. The van der Waals surface area contributed by atoms with Crippen molar-refractivity contribution in [3.05, 3.63) is 0 Å². The number of hydrogen-bond acceptors (Lipinski definition) is 4. The van der Waals surface area contributed by atoms with Gasteiger partial charge in [0.05, 0.1) is 26.2 Å². The maximum Gasteiger partial charge on any atom is 0.307 e. The first-order valence-corrected chi connectivity index (χ1v) is 6.66. The molecule has 0 aromatic rings. The van der Waals surface area contributed by atoms with E-state index in [4.69, 9.17) is 9.47 Å². The highest BCUT2D eigenvalue weighted by Gasteiger charge is 2.36. The van der Waals surface area contributed by atoms with Gasteiger partial charge in [-0.05, 0) is 19.8 Å². The van der Waals surface area contributed by atoms with E-state index in [1.54, 1.807) is 0 Å². The fourth-order valence-electron chi connectivity index (χ4n) is 3.12. The van der Waals surface area contributed by atoms with Gasteiger partial charge in [-0.3, -0.25) is 9.69 Å². The Morgan fingerprint density at radius 3 is 3.00 bits per heavy atom. The third-order valence-electron chi connectivity index (χ3n) is 4.03. The molecule has 4 heteroatoms. The summed E-state index contributed by atoms with van der Waals surface area (Å²) in [6, 6.07) is 0.772. The molecule has 0 aromatic carbocycles. The van der Waals surface area contributed by atoms with E-state index in [1.807, 2.05) is 0 Å². The molecule has 0 amide bonds. The maximum absolute atomic E-state index is 11.3. The van der Waals surface area contributed by atoms with Crippen molar-refractivity contribution < 1.29 is 14.3 Å². The Bertz CT molecular complexity index is 267. The van der Waals surface area contributed by atoms with E-state index >= 15 is 0 Å². The molecule has 0 N–H and O–H groups in total. The highest BCUT2D eigenvalue weighted by atomic mass is 16.5. The quantitative estimate of drug-likeness (QED) is 0.703. The molecule has 3 atom stereocenters. The van der Waals surface area contributed by atoms with E-state index in [-0.39, 0.29) is 12.0 Å². The summed E-state index contributed by atoms with van der Waals surface area (Å²) in [7, 11) is 1.46. The summed E-state index contributed by atoms with van der Waals surface area (Å²) in [6.07, 6.45) is 5.81. The van der Waals surface area contributed by atoms with E-state index in [9.17, 15) is 4.79 Å². The molecule has 1 saturated heterocycles. The Morgan fingerprint density at radius 2 is 2.24 bits per heavy atom. The highest BCUT2D eigenvalue weighted by Crippen LogP contribution is 2.30. The number of rotatable bonds is 3. The monoisotopic (exact) mass is 241 g/mol. The van der Waals surface area contributed by atoms with E-state index < -0.39 is 0 Å². The minimum absolute atomic E-state index is 0.114. The molecular formula is C13H23NO3. The molecule has 0 bridgehead atoms. The molecule has 0 radical (unpaired) electrons. The number of carbonyl (C=O) groups excluding carboxylic acids is 1. The Kier molecular flexibility index (Phi) is 4.40. The Balaban J connectivity index is 1.95. The van der Waals surface area contributed by atoms with Crippen molar-refractivity contribution in [2.24, 2.45) is 0 Å². The minimum atomic E-state index is -0.114. The maximum atomic E-state index is 11.3. The van der Waals surface area contributed by atoms with Gasteiger partial charge in [0.25, 0.3) is 0 Å². The topological polar surface area (TPSA) is 38.8 Å². The molecular weight excluding hydrogens is 218 g/mol. The van der Waals surface area contributed by atoms with Crippen LogP contribution in [-0.4, -0.2) is 49.3 Å². The van der Waals surface area contributed by atoms with Gasteiger partial charge in [-0.15, -0.1) is 0 Å². The standard InChI is InChI=1S/C13H23NO3/c1-10(9-13(15)16-2)14-7-8-17-12-6-4-3-5-11(12)14/h10-12H,3-9H2,1-2H3. The Labute approximate surface area is 103 Å². The smallest absolute Gasteiger partial charge is 0.307 e. The number of carbonyl (C=O) groups is 1. The molecule has 1 aliphatic carbocycles. The van der Waals surface area contributed by atoms with Crippen molar-refractivity contribution in [2.75, 3.05) is 20.3 Å². The largest absolute Gasteiger partial charge is 0.469 e. The van der Waals surface area contributed by atoms with Gasteiger partial charge in [0.1, 0.15) is 0 Å². The van der Waals surface area contributed by atoms with Gasteiger partial charge in [-0.2, -0.15) is 0 Å². The van der Waals surface area contributed by atoms with Crippen LogP contribution in [0.4, 0.5) is 0 Å². The van der Waals surface area contributed by atoms with Gasteiger partial charge >= 0.3 is 5.97 Å². The van der Waals surface area contributed by atoms with Gasteiger partial charge in [-0.25, -0.2) is 0 Å². The van der Waals surface area contributed by atoms with E-state index in [0.29, 0.717) is 18.6 Å². The first-order chi connectivity index (χ1) is 8.22. The molecule has 2 rings (SSSR count). The van der Waals surface area contributed by atoms with Crippen molar-refractivity contribution in [3.63, 3.8) is 0 Å². The Morgan fingerprint density at radius 1 is 1.47 bits per heavy atom. The second kappa shape index (κ2) is 5.83. The number of ether oxygens (including phenoxy) is 2. The fraction of sp³-hybridized carbons (Fsp3) is 0.923. The van der Waals surface area contributed by atoms with Gasteiger partial charge in [0, 0.05) is 18.6 Å². The van der Waals surface area contributed by atoms with Crippen LogP contribution >= 0.6 is 0 Å². The second-order valence-corrected chi connectivity index (χ2v) is 5.13. The molecule has 4 nitrogen and oxygen atoms in total. The van der Waals surface area contributed by atoms with Gasteiger partial charge < -0.3 is 9.47 Å². The second-order valence-electron chi connectivity index (χ2n) is 5.13. The summed E-state index contributed by atoms with van der Waals surface area (Å²) in [4.78, 5) is 13.8. The number of morpholine rings is 1. The minimum Gasteiger partial charge on any atom is -0.469 e. The average Bonchev–Trinajstić information content (AvgIpc) is 2.37. The van der Waals surface area contributed by atoms with Crippen LogP contribution < -0.4 is 0 Å². The first kappa shape index (κ1) is 12.8. The first-order valence-electron chi connectivity index (χ1n) is 6.66. The molecule has 0 spiro atoms. The van der Waals surface area contributed by atoms with Crippen LogP contribution in [0.3, 0.4) is 0 Å². The molecule has 2 fully saturated rings. The summed E-state index contributed by atoms with van der Waals surface area (Å²) in [6.45, 7) is 3.86. The SMILES string of the molecule is COC(=O)CC(C)N1CCOC2CCCCC21. The highest BCUT2D eigenvalue weighted by molar-refractivity contribution is 5.69. The van der Waals surface area contributed by atoms with Gasteiger partial charge in [0.15, 0.2) is 0 Å². The normalized spacial score (nSPS) is 31.6. The molecule has 98 valence electrons. The molecule has 1 saturated carbocycles. The van der Waals surface area contributed by atoms with Crippen LogP contribution in [0.1, 0.15) is 39.0 Å². The van der Waals surface area contributed by atoms with Gasteiger partial charge in [0.2, 0.25) is 0 Å². The van der Waals surface area contributed by atoms with E-state index in [1.165, 1.54) is 32.8 Å². The number of nitrogens with zero attached hydrogens (tertiary/aromatic N) is 1. The summed E-state index contributed by atoms with van der Waals surface area (Å²) >= 11 is 0. The third-order valence-corrected chi connectivity index (χ3v) is 4.03. The van der Waals surface area contributed by atoms with Crippen LogP contribution in [0.2, 0.25) is 0 Å². The van der Waals surface area contributed by atoms with Gasteiger partial charge in [-0.1, -0.05) is 12.8 Å². The van der Waals surface area contributed by atoms with Crippen molar-refractivity contribution in [1.29, 1.82) is 0 Å². The molecule has 1 aliphatic heterocycles. The van der Waals surface area contributed by atoms with E-state index in [2.05, 4.69) is 11.8 Å². The van der Waals surface area contributed by atoms with Crippen LogP contribution in [0.25, 0.3) is 0 Å². The predicted octanol–water partition coefficient (Wildman–Crippen LogP) is 1.58. The summed E-state index contributed by atoms with van der Waals surface area (Å²) < 4.78 is 10.6. The van der Waals surface area contributed by atoms with Crippen LogP contribution in [0.5, 0.6) is 0 Å². The van der Waals surface area contributed by atoms with Crippen LogP contribution in [0, 0.1) is 0 Å². The van der Waals surface area contributed by atoms with Crippen molar-refractivity contribution >= 4 is 5.97 Å². The third kappa shape index (κ3) is 2.99. The lowest BCUT2D eigenvalue weighted by molar-refractivity contribution is -0.145. The van der Waals surface area contributed by atoms with Crippen LogP contribution in [-0.2, 0) is 14.3 Å². The zero-order chi connectivity index (χ0) is 12.3. The van der Waals surface area contributed by atoms with Crippen molar-refractivity contribution in [2.45, 2.75) is 57.2 Å². The molecule has 2 aliphatic rings. The lowest BCUT2D eigenvalue weighted by atomic mass is 9.89. The average molecular weight is 241 g/mol. The zero-order valence-corrected chi connectivity index (χ0v) is 10.9. The molecule has 3 unspecified atom stereocenters. The Hall–Kier alpha value is -0.610.